The van der Waals surface area contributed by atoms with E-state index in [9.17, 15) is 4.79 Å². The van der Waals surface area contributed by atoms with Crippen molar-refractivity contribution in [1.82, 2.24) is 24.6 Å². The second-order valence-corrected chi connectivity index (χ2v) is 10.9. The van der Waals surface area contributed by atoms with Crippen molar-refractivity contribution in [2.75, 3.05) is 75.9 Å². The molecule has 0 bridgehead atoms. The van der Waals surface area contributed by atoms with Gasteiger partial charge in [0.05, 0.1) is 29.6 Å². The van der Waals surface area contributed by atoms with E-state index in [0.717, 1.165) is 41.2 Å². The number of likely N-dealkylation sites (N-methyl/N-ethyl adjacent to an activating group) is 2. The van der Waals surface area contributed by atoms with Crippen molar-refractivity contribution in [3.05, 3.63) is 48.0 Å². The van der Waals surface area contributed by atoms with Crippen molar-refractivity contribution in [3.63, 3.8) is 0 Å². The Morgan fingerprint density at radius 2 is 1.93 bits per heavy atom. The highest BCUT2D eigenvalue weighted by Gasteiger charge is 2.19. The minimum atomic E-state index is -0.307. The summed E-state index contributed by atoms with van der Waals surface area (Å²) in [6, 6.07) is 7.73. The number of rotatable bonds is 12. The van der Waals surface area contributed by atoms with Crippen LogP contribution < -0.4 is 25.2 Å². The van der Waals surface area contributed by atoms with Gasteiger partial charge in [-0.1, -0.05) is 13.5 Å². The molecular weight excluding hydrogens is 526 g/mol. The topological polar surface area (TPSA) is 104 Å². The first-order valence-corrected chi connectivity index (χ1v) is 13.8. The van der Waals surface area contributed by atoms with Crippen molar-refractivity contribution in [3.8, 4) is 11.6 Å². The fourth-order valence-electron chi connectivity index (χ4n) is 4.16. The number of amides is 1. The molecule has 4 rings (SSSR count). The molecular formula is C28H37N9O2S. The van der Waals surface area contributed by atoms with E-state index in [1.165, 1.54) is 11.0 Å². The Labute approximate surface area is 239 Å². The van der Waals surface area contributed by atoms with Gasteiger partial charge in [0.1, 0.15) is 10.6 Å². The van der Waals surface area contributed by atoms with E-state index in [4.69, 9.17) is 14.8 Å². The molecule has 212 valence electrons. The molecule has 12 heteroatoms. The van der Waals surface area contributed by atoms with Gasteiger partial charge < -0.3 is 30.1 Å². The molecule has 1 amide bonds. The summed E-state index contributed by atoms with van der Waals surface area (Å²) in [6.07, 6.45) is 3.89. The number of ether oxygens (including phenoxy) is 1. The van der Waals surface area contributed by atoms with E-state index in [2.05, 4.69) is 45.0 Å². The molecule has 0 radical (unpaired) electrons. The molecule has 0 spiro atoms. The third kappa shape index (κ3) is 6.18. The van der Waals surface area contributed by atoms with E-state index >= 15 is 0 Å². The zero-order valence-corrected chi connectivity index (χ0v) is 25.0. The lowest BCUT2D eigenvalue weighted by molar-refractivity contribution is -0.111. The highest BCUT2D eigenvalue weighted by atomic mass is 32.1. The number of aromatic nitrogens is 4. The lowest BCUT2D eigenvalue weighted by Gasteiger charge is -2.26. The standard InChI is InChI=1S/C28H37N9O2S/c1-9-18-15-19-26(35(5)6)33-37(27(19)40-18)24-11-12-29-28(32-24)31-21-16-20(30-25(38)10-2)22(17-23(21)39-8)36(7)14-13-34(3)4/h10-12,15-17H,2,9,13-14H2,1,3-8H3,(H,30,38)(H,29,31,32). The number of carbonyl (C=O) groups excluding carboxylic acids is 1. The SMILES string of the molecule is C=CC(=O)Nc1cc(Nc2nccc(-n3nc(N(C)C)c4cc(CC)sc43)n2)c(OC)cc1N(C)CCN(C)C. The van der Waals surface area contributed by atoms with Gasteiger partial charge in [-0.25, -0.2) is 9.67 Å². The first-order valence-electron chi connectivity index (χ1n) is 13.0. The number of nitrogens with zero attached hydrogens (tertiary/aromatic N) is 7. The fourth-order valence-corrected chi connectivity index (χ4v) is 5.21. The number of anilines is 5. The van der Waals surface area contributed by atoms with Crippen molar-refractivity contribution in [2.24, 2.45) is 0 Å². The quantitative estimate of drug-likeness (QED) is 0.243. The van der Waals surface area contributed by atoms with Gasteiger partial charge >= 0.3 is 0 Å². The average Bonchev–Trinajstić information content (AvgIpc) is 3.51. The lowest BCUT2D eigenvalue weighted by atomic mass is 10.2. The molecule has 0 fully saturated rings. The monoisotopic (exact) mass is 563 g/mol. The highest BCUT2D eigenvalue weighted by Crippen LogP contribution is 2.38. The van der Waals surface area contributed by atoms with Crippen LogP contribution in [0.1, 0.15) is 11.8 Å². The van der Waals surface area contributed by atoms with Gasteiger partial charge in [-0.05, 0) is 38.7 Å². The summed E-state index contributed by atoms with van der Waals surface area (Å²) in [7, 11) is 11.6. The van der Waals surface area contributed by atoms with Crippen LogP contribution in [0.2, 0.25) is 0 Å². The molecule has 0 unspecified atom stereocenters. The summed E-state index contributed by atoms with van der Waals surface area (Å²) in [5, 5.41) is 12.1. The van der Waals surface area contributed by atoms with Gasteiger partial charge in [-0.15, -0.1) is 16.4 Å². The average molecular weight is 564 g/mol. The number of thiophene rings is 1. The lowest BCUT2D eigenvalue weighted by Crippen LogP contribution is -2.29. The molecule has 40 heavy (non-hydrogen) atoms. The largest absolute Gasteiger partial charge is 0.494 e. The zero-order valence-electron chi connectivity index (χ0n) is 24.1. The van der Waals surface area contributed by atoms with Crippen LogP contribution in [0, 0.1) is 0 Å². The normalized spacial score (nSPS) is 11.1. The van der Waals surface area contributed by atoms with Gasteiger partial charge in [0.2, 0.25) is 11.9 Å². The van der Waals surface area contributed by atoms with Crippen molar-refractivity contribution in [1.29, 1.82) is 0 Å². The Kier molecular flexibility index (Phi) is 8.90. The highest BCUT2D eigenvalue weighted by molar-refractivity contribution is 7.18. The maximum atomic E-state index is 12.3. The van der Waals surface area contributed by atoms with Crippen molar-refractivity contribution < 1.29 is 9.53 Å². The molecule has 4 aromatic rings. The second kappa shape index (κ2) is 12.3. The Hall–Kier alpha value is -4.16. The fraction of sp³-hybridized carbons (Fsp3) is 0.357. The molecule has 3 heterocycles. The number of fused-ring (bicyclic) bond motifs is 1. The Balaban J connectivity index is 1.73. The van der Waals surface area contributed by atoms with E-state index in [0.29, 0.717) is 28.9 Å². The Morgan fingerprint density at radius 3 is 2.58 bits per heavy atom. The molecule has 1 aromatic carbocycles. The summed E-state index contributed by atoms with van der Waals surface area (Å²) >= 11 is 1.71. The van der Waals surface area contributed by atoms with E-state index in [1.54, 1.807) is 24.6 Å². The van der Waals surface area contributed by atoms with Crippen LogP contribution in [0.15, 0.2) is 43.1 Å². The Bertz CT molecular complexity index is 1510. The van der Waals surface area contributed by atoms with E-state index in [-0.39, 0.29) is 5.91 Å². The number of nitrogens with one attached hydrogen (secondary N) is 2. The molecule has 3 aromatic heterocycles. The summed E-state index contributed by atoms with van der Waals surface area (Å²) in [5.74, 6) is 2.17. The maximum absolute atomic E-state index is 12.3. The molecule has 0 aliphatic heterocycles. The molecule has 11 nitrogen and oxygen atoms in total. The van der Waals surface area contributed by atoms with Crippen LogP contribution >= 0.6 is 11.3 Å². The van der Waals surface area contributed by atoms with Crippen molar-refractivity contribution in [2.45, 2.75) is 13.3 Å². The summed E-state index contributed by atoms with van der Waals surface area (Å²) in [6.45, 7) is 7.33. The number of hydrogen-bond acceptors (Lipinski definition) is 10. The minimum Gasteiger partial charge on any atom is -0.494 e. The van der Waals surface area contributed by atoms with Crippen LogP contribution in [0.5, 0.6) is 5.75 Å². The Morgan fingerprint density at radius 1 is 1.15 bits per heavy atom. The smallest absolute Gasteiger partial charge is 0.247 e. The number of benzene rings is 1. The first-order chi connectivity index (χ1) is 19.1. The molecule has 0 aliphatic carbocycles. The maximum Gasteiger partial charge on any atom is 0.247 e. The van der Waals surface area contributed by atoms with Gasteiger partial charge in [0.25, 0.3) is 0 Å². The first kappa shape index (κ1) is 28.8. The summed E-state index contributed by atoms with van der Waals surface area (Å²) < 4.78 is 7.59. The van der Waals surface area contributed by atoms with Gasteiger partial charge in [-0.2, -0.15) is 4.98 Å². The number of carbonyl (C=O) groups is 1. The number of hydrogen-bond donors (Lipinski definition) is 2. The molecule has 0 atom stereocenters. The van der Waals surface area contributed by atoms with Crippen LogP contribution in [0.25, 0.3) is 16.0 Å². The van der Waals surface area contributed by atoms with Crippen molar-refractivity contribution >= 4 is 56.3 Å². The molecule has 0 saturated heterocycles. The van der Waals surface area contributed by atoms with Crippen LogP contribution in [-0.2, 0) is 11.2 Å². The van der Waals surface area contributed by atoms with Crippen LogP contribution in [0.3, 0.4) is 0 Å². The second-order valence-electron chi connectivity index (χ2n) is 9.77. The predicted molar refractivity (Wildman–Crippen MR) is 165 cm³/mol. The third-order valence-corrected chi connectivity index (χ3v) is 7.58. The van der Waals surface area contributed by atoms with Gasteiger partial charge in [0, 0.05) is 57.4 Å². The van der Waals surface area contributed by atoms with E-state index < -0.39 is 0 Å². The molecule has 0 aliphatic rings. The predicted octanol–water partition coefficient (Wildman–Crippen LogP) is 4.38. The third-order valence-electron chi connectivity index (χ3n) is 6.32. The number of methoxy groups -OCH3 is 1. The van der Waals surface area contributed by atoms with Crippen LogP contribution in [0.4, 0.5) is 28.8 Å². The summed E-state index contributed by atoms with van der Waals surface area (Å²) in [5.41, 5.74) is 2.03. The molecule has 0 saturated carbocycles. The summed E-state index contributed by atoms with van der Waals surface area (Å²) in [4.78, 5) is 30.0. The zero-order chi connectivity index (χ0) is 29.0. The molecule has 2 N–H and O–H groups in total. The van der Waals surface area contributed by atoms with Gasteiger partial charge in [0.15, 0.2) is 11.6 Å². The van der Waals surface area contributed by atoms with Crippen LogP contribution in [-0.4, -0.2) is 86.0 Å². The van der Waals surface area contributed by atoms with Gasteiger partial charge in [-0.3, -0.25) is 4.79 Å². The number of aryl methyl sites for hydroxylation is 1. The van der Waals surface area contributed by atoms with E-state index in [1.807, 2.05) is 63.0 Å². The minimum absolute atomic E-state index is 0.307.